The Morgan fingerprint density at radius 2 is 1.79 bits per heavy atom. The molecule has 1 fully saturated rings. The Balaban J connectivity index is 1.92. The van der Waals surface area contributed by atoms with Gasteiger partial charge in [0.25, 0.3) is 0 Å². The second kappa shape index (κ2) is 9.42. The van der Waals surface area contributed by atoms with Crippen molar-refractivity contribution in [3.63, 3.8) is 0 Å². The predicted molar refractivity (Wildman–Crippen MR) is 95.3 cm³/mol. The minimum Gasteiger partial charge on any atom is -0.357 e. The van der Waals surface area contributed by atoms with E-state index in [1.54, 1.807) is 7.05 Å². The van der Waals surface area contributed by atoms with Crippen molar-refractivity contribution in [2.75, 3.05) is 7.05 Å². The smallest absolute Gasteiger partial charge is 0.242 e. The first-order valence-electron chi connectivity index (χ1n) is 8.91. The number of carbonyl (C=O) groups excluding carboxylic acids is 2. The molecule has 0 bridgehead atoms. The summed E-state index contributed by atoms with van der Waals surface area (Å²) in [6, 6.07) is 8.53. The van der Waals surface area contributed by atoms with Crippen molar-refractivity contribution in [2.45, 2.75) is 57.0 Å². The van der Waals surface area contributed by atoms with Crippen LogP contribution in [0.2, 0.25) is 0 Å². The molecule has 0 spiro atoms. The summed E-state index contributed by atoms with van der Waals surface area (Å²) in [7, 11) is 1.58. The second-order valence-electron chi connectivity index (χ2n) is 6.71. The number of rotatable bonds is 7. The Morgan fingerprint density at radius 1 is 1.12 bits per heavy atom. The highest BCUT2D eigenvalue weighted by Crippen LogP contribution is 2.26. The van der Waals surface area contributed by atoms with Gasteiger partial charge in [-0.1, -0.05) is 62.4 Å². The highest BCUT2D eigenvalue weighted by atomic mass is 16.2. The van der Waals surface area contributed by atoms with Crippen LogP contribution in [0, 0.1) is 5.92 Å². The minimum atomic E-state index is -0.595. The lowest BCUT2D eigenvalue weighted by Crippen LogP contribution is -2.52. The van der Waals surface area contributed by atoms with E-state index in [-0.39, 0.29) is 11.8 Å². The molecule has 0 saturated heterocycles. The molecule has 1 aliphatic rings. The highest BCUT2D eigenvalue weighted by Gasteiger charge is 2.25. The van der Waals surface area contributed by atoms with Gasteiger partial charge in [-0.3, -0.25) is 9.59 Å². The second-order valence-corrected chi connectivity index (χ2v) is 6.71. The molecule has 5 nitrogen and oxygen atoms in total. The fourth-order valence-electron chi connectivity index (χ4n) is 3.40. The van der Waals surface area contributed by atoms with Gasteiger partial charge in [0.15, 0.2) is 0 Å². The van der Waals surface area contributed by atoms with Crippen molar-refractivity contribution in [3.05, 3.63) is 35.9 Å². The van der Waals surface area contributed by atoms with Crippen molar-refractivity contribution in [1.82, 2.24) is 10.6 Å². The van der Waals surface area contributed by atoms with Gasteiger partial charge in [0, 0.05) is 13.5 Å². The zero-order valence-electron chi connectivity index (χ0n) is 14.5. The van der Waals surface area contributed by atoms with E-state index in [4.69, 9.17) is 5.73 Å². The van der Waals surface area contributed by atoms with Crippen molar-refractivity contribution >= 4 is 11.8 Å². The molecule has 24 heavy (non-hydrogen) atoms. The standard InChI is InChI=1S/C19H29N3O2/c1-21-19(24)17(13-15-10-6-3-7-11-15)22-18(23)16(20)12-14-8-4-2-5-9-14/h3,6-7,10-11,14,16-17H,2,4-5,8-9,12-13,20H2,1H3,(H,21,24)(H,22,23)/t16-,17?/m1/s1. The average Bonchev–Trinajstić information content (AvgIpc) is 2.62. The molecule has 1 aliphatic carbocycles. The summed E-state index contributed by atoms with van der Waals surface area (Å²) in [5.74, 6) is 0.106. The molecular formula is C19H29N3O2. The van der Waals surface area contributed by atoms with Gasteiger partial charge in [-0.15, -0.1) is 0 Å². The topological polar surface area (TPSA) is 84.2 Å². The molecule has 0 radical (unpaired) electrons. The van der Waals surface area contributed by atoms with Crippen molar-refractivity contribution < 1.29 is 9.59 Å². The molecule has 5 heteroatoms. The fourth-order valence-corrected chi connectivity index (χ4v) is 3.40. The molecule has 132 valence electrons. The third kappa shape index (κ3) is 5.64. The van der Waals surface area contributed by atoms with Gasteiger partial charge in [-0.05, 0) is 17.9 Å². The molecule has 2 rings (SSSR count). The molecule has 0 heterocycles. The van der Waals surface area contributed by atoms with Crippen molar-refractivity contribution in [3.8, 4) is 0 Å². The van der Waals surface area contributed by atoms with Crippen LogP contribution in [0.1, 0.15) is 44.1 Å². The molecule has 2 atom stereocenters. The molecule has 2 amide bonds. The lowest BCUT2D eigenvalue weighted by Gasteiger charge is -2.25. The maximum Gasteiger partial charge on any atom is 0.242 e. The molecule has 1 aromatic rings. The fraction of sp³-hybridized carbons (Fsp3) is 0.579. The molecule has 4 N–H and O–H groups in total. The van der Waals surface area contributed by atoms with E-state index in [1.165, 1.54) is 19.3 Å². The number of hydrogen-bond donors (Lipinski definition) is 3. The number of hydrogen-bond acceptors (Lipinski definition) is 3. The van der Waals surface area contributed by atoms with Crippen molar-refractivity contribution in [2.24, 2.45) is 11.7 Å². The molecule has 0 aliphatic heterocycles. The summed E-state index contributed by atoms with van der Waals surface area (Å²) in [5.41, 5.74) is 7.09. The van der Waals surface area contributed by atoms with E-state index in [1.807, 2.05) is 30.3 Å². The normalized spacial score (nSPS) is 17.8. The summed E-state index contributed by atoms with van der Waals surface area (Å²) in [6.45, 7) is 0. The zero-order valence-corrected chi connectivity index (χ0v) is 14.5. The number of benzene rings is 1. The van der Waals surface area contributed by atoms with Gasteiger partial charge in [0.1, 0.15) is 6.04 Å². The molecular weight excluding hydrogens is 302 g/mol. The van der Waals surface area contributed by atoms with Crippen molar-refractivity contribution in [1.29, 1.82) is 0 Å². The number of amides is 2. The van der Waals surface area contributed by atoms with E-state index in [0.29, 0.717) is 18.8 Å². The van der Waals surface area contributed by atoms with E-state index in [9.17, 15) is 9.59 Å². The first-order valence-corrected chi connectivity index (χ1v) is 8.91. The van der Waals surface area contributed by atoms with Crippen LogP contribution >= 0.6 is 0 Å². The Hall–Kier alpha value is -1.88. The first kappa shape index (κ1) is 18.5. The summed E-state index contributed by atoms with van der Waals surface area (Å²) in [5, 5.41) is 5.45. The Morgan fingerprint density at radius 3 is 2.42 bits per heavy atom. The van der Waals surface area contributed by atoms with Crippen LogP contribution in [0.4, 0.5) is 0 Å². The Bertz CT molecular complexity index is 527. The lowest BCUT2D eigenvalue weighted by atomic mass is 9.85. The number of likely N-dealkylation sites (N-methyl/N-ethyl adjacent to an activating group) is 1. The van der Waals surface area contributed by atoms with Crippen LogP contribution in [-0.4, -0.2) is 30.9 Å². The van der Waals surface area contributed by atoms with Gasteiger partial charge in [0.2, 0.25) is 11.8 Å². The zero-order chi connectivity index (χ0) is 17.4. The van der Waals surface area contributed by atoms with Crippen LogP contribution in [-0.2, 0) is 16.0 Å². The van der Waals surface area contributed by atoms with E-state index in [0.717, 1.165) is 18.4 Å². The van der Waals surface area contributed by atoms with E-state index < -0.39 is 12.1 Å². The summed E-state index contributed by atoms with van der Waals surface area (Å²) in [4.78, 5) is 24.5. The molecule has 1 unspecified atom stereocenters. The van der Waals surface area contributed by atoms with Gasteiger partial charge >= 0.3 is 0 Å². The SMILES string of the molecule is CNC(=O)C(Cc1ccccc1)NC(=O)[C@H](N)CC1CCCCC1. The summed E-state index contributed by atoms with van der Waals surface area (Å²) >= 11 is 0. The van der Waals surface area contributed by atoms with Gasteiger partial charge in [0.05, 0.1) is 6.04 Å². The van der Waals surface area contributed by atoms with Crippen LogP contribution in [0.3, 0.4) is 0 Å². The average molecular weight is 331 g/mol. The van der Waals surface area contributed by atoms with E-state index in [2.05, 4.69) is 10.6 Å². The largest absolute Gasteiger partial charge is 0.357 e. The molecule has 0 aromatic heterocycles. The van der Waals surface area contributed by atoms with Gasteiger partial charge in [-0.25, -0.2) is 0 Å². The van der Waals surface area contributed by atoms with Gasteiger partial charge in [-0.2, -0.15) is 0 Å². The third-order valence-electron chi connectivity index (χ3n) is 4.81. The maximum atomic E-state index is 12.4. The predicted octanol–water partition coefficient (Wildman–Crippen LogP) is 1.76. The van der Waals surface area contributed by atoms with E-state index >= 15 is 0 Å². The summed E-state index contributed by atoms with van der Waals surface area (Å²) in [6.07, 6.45) is 7.23. The number of nitrogens with one attached hydrogen (secondary N) is 2. The monoisotopic (exact) mass is 331 g/mol. The minimum absolute atomic E-state index is 0.197. The van der Waals surface area contributed by atoms with Crippen LogP contribution in [0.15, 0.2) is 30.3 Å². The quantitative estimate of drug-likeness (QED) is 0.712. The van der Waals surface area contributed by atoms with Crippen LogP contribution < -0.4 is 16.4 Å². The van der Waals surface area contributed by atoms with Crippen LogP contribution in [0.25, 0.3) is 0 Å². The van der Waals surface area contributed by atoms with Crippen LogP contribution in [0.5, 0.6) is 0 Å². The highest BCUT2D eigenvalue weighted by molar-refractivity contribution is 5.89. The third-order valence-corrected chi connectivity index (χ3v) is 4.81. The number of carbonyl (C=O) groups is 2. The molecule has 1 saturated carbocycles. The van der Waals surface area contributed by atoms with Gasteiger partial charge < -0.3 is 16.4 Å². The lowest BCUT2D eigenvalue weighted by molar-refractivity contribution is -0.129. The maximum absolute atomic E-state index is 12.4. The first-order chi connectivity index (χ1) is 11.6. The summed E-state index contributed by atoms with van der Waals surface area (Å²) < 4.78 is 0. The number of nitrogens with two attached hydrogens (primary N) is 1. The Labute approximate surface area is 144 Å². The Kier molecular flexibility index (Phi) is 7.25. The molecule has 1 aromatic carbocycles.